The molecule has 0 radical (unpaired) electrons. The van der Waals surface area contributed by atoms with Gasteiger partial charge in [-0.3, -0.25) is 10.2 Å². The highest BCUT2D eigenvalue weighted by Gasteiger charge is 2.43. The smallest absolute Gasteiger partial charge is 0.237 e. The van der Waals surface area contributed by atoms with Crippen molar-refractivity contribution in [1.29, 1.82) is 0 Å². The van der Waals surface area contributed by atoms with E-state index in [1.54, 1.807) is 0 Å². The van der Waals surface area contributed by atoms with Crippen LogP contribution in [0.3, 0.4) is 0 Å². The average molecular weight is 258 g/mol. The van der Waals surface area contributed by atoms with Gasteiger partial charge in [0.1, 0.15) is 0 Å². The molecule has 0 unspecified atom stereocenters. The highest BCUT2D eigenvalue weighted by molar-refractivity contribution is 6.74. The van der Waals surface area contributed by atoms with Crippen LogP contribution in [0.1, 0.15) is 33.6 Å². The standard InChI is InChI=1S/C12H26N2O2Si/c1-12(2,3)17(4,5)16-7-6-9-8-10(9)11(15)14-13/h9-10H,6-8,13H2,1-5H3,(H,14,15)/t9-,10+/m0/s1. The van der Waals surface area contributed by atoms with Gasteiger partial charge in [-0.2, -0.15) is 0 Å². The second-order valence-electron chi connectivity index (χ2n) is 6.51. The van der Waals surface area contributed by atoms with Crippen molar-refractivity contribution in [2.75, 3.05) is 6.61 Å². The molecule has 1 fully saturated rings. The van der Waals surface area contributed by atoms with E-state index >= 15 is 0 Å². The van der Waals surface area contributed by atoms with E-state index in [4.69, 9.17) is 10.3 Å². The molecule has 0 aromatic carbocycles. The molecular formula is C12H26N2O2Si. The third-order valence-corrected chi connectivity index (χ3v) is 8.70. The third kappa shape index (κ3) is 3.79. The van der Waals surface area contributed by atoms with E-state index in [1.165, 1.54) is 0 Å². The van der Waals surface area contributed by atoms with Crippen molar-refractivity contribution in [3.63, 3.8) is 0 Å². The van der Waals surface area contributed by atoms with Crippen LogP contribution in [0.4, 0.5) is 0 Å². The fourth-order valence-electron chi connectivity index (χ4n) is 1.68. The Morgan fingerprint density at radius 2 is 2.06 bits per heavy atom. The molecule has 0 saturated heterocycles. The van der Waals surface area contributed by atoms with Crippen molar-refractivity contribution < 1.29 is 9.22 Å². The molecule has 1 saturated carbocycles. The number of nitrogens with one attached hydrogen (secondary N) is 1. The number of nitrogens with two attached hydrogens (primary N) is 1. The van der Waals surface area contributed by atoms with Crippen LogP contribution in [0.2, 0.25) is 18.1 Å². The molecule has 1 aliphatic rings. The summed E-state index contributed by atoms with van der Waals surface area (Å²) < 4.78 is 6.08. The van der Waals surface area contributed by atoms with Gasteiger partial charge in [-0.25, -0.2) is 5.84 Å². The summed E-state index contributed by atoms with van der Waals surface area (Å²) in [6.07, 6.45) is 1.94. The summed E-state index contributed by atoms with van der Waals surface area (Å²) in [6.45, 7) is 12.0. The van der Waals surface area contributed by atoms with Gasteiger partial charge in [0.15, 0.2) is 8.32 Å². The number of hydrogen-bond acceptors (Lipinski definition) is 3. The summed E-state index contributed by atoms with van der Waals surface area (Å²) in [5.74, 6) is 5.68. The molecular weight excluding hydrogens is 232 g/mol. The van der Waals surface area contributed by atoms with Gasteiger partial charge < -0.3 is 4.43 Å². The van der Waals surface area contributed by atoms with Crippen LogP contribution in [0, 0.1) is 11.8 Å². The zero-order valence-electron chi connectivity index (χ0n) is 11.7. The number of hydrogen-bond donors (Lipinski definition) is 2. The summed E-state index contributed by atoms with van der Waals surface area (Å²) in [5.41, 5.74) is 2.22. The molecule has 1 aliphatic carbocycles. The van der Waals surface area contributed by atoms with Crippen LogP contribution in [0.15, 0.2) is 0 Å². The zero-order valence-corrected chi connectivity index (χ0v) is 12.7. The van der Waals surface area contributed by atoms with E-state index in [1.807, 2.05) is 0 Å². The lowest BCUT2D eigenvalue weighted by Gasteiger charge is -2.36. The Hall–Kier alpha value is -0.393. The fourth-order valence-corrected chi connectivity index (χ4v) is 2.74. The Labute approximate surface area is 105 Å². The molecule has 0 bridgehead atoms. The second kappa shape index (κ2) is 5.08. The van der Waals surface area contributed by atoms with E-state index in [0.717, 1.165) is 19.4 Å². The maximum atomic E-state index is 11.2. The quantitative estimate of drug-likeness (QED) is 0.343. The van der Waals surface area contributed by atoms with E-state index in [9.17, 15) is 4.79 Å². The SMILES string of the molecule is CC(C)(C)[Si](C)(C)OCC[C@H]1C[C@H]1C(=O)NN. The summed E-state index contributed by atoms with van der Waals surface area (Å²) in [7, 11) is -1.63. The Kier molecular flexibility index (Phi) is 4.38. The molecule has 0 aromatic heterocycles. The third-order valence-electron chi connectivity index (χ3n) is 4.16. The molecule has 1 amide bonds. The van der Waals surface area contributed by atoms with Crippen molar-refractivity contribution in [2.45, 2.75) is 51.7 Å². The summed E-state index contributed by atoms with van der Waals surface area (Å²) >= 11 is 0. The van der Waals surface area contributed by atoms with E-state index < -0.39 is 8.32 Å². The molecule has 0 aliphatic heterocycles. The Balaban J connectivity index is 2.24. The molecule has 0 aromatic rings. The number of hydrazine groups is 1. The topological polar surface area (TPSA) is 64.3 Å². The lowest BCUT2D eigenvalue weighted by Crippen LogP contribution is -2.41. The lowest BCUT2D eigenvalue weighted by atomic mass is 10.2. The maximum absolute atomic E-state index is 11.2. The molecule has 100 valence electrons. The summed E-state index contributed by atoms with van der Waals surface area (Å²) in [4.78, 5) is 11.2. The van der Waals surface area contributed by atoms with Crippen LogP contribution in [0.25, 0.3) is 0 Å². The highest BCUT2D eigenvalue weighted by Crippen LogP contribution is 2.42. The number of amides is 1. The summed E-state index contributed by atoms with van der Waals surface area (Å²) in [6, 6.07) is 0. The molecule has 0 spiro atoms. The molecule has 2 atom stereocenters. The fraction of sp³-hybridized carbons (Fsp3) is 0.917. The molecule has 0 heterocycles. The second-order valence-corrected chi connectivity index (χ2v) is 11.3. The van der Waals surface area contributed by atoms with Crippen LogP contribution in [-0.2, 0) is 9.22 Å². The van der Waals surface area contributed by atoms with Gasteiger partial charge in [0.25, 0.3) is 0 Å². The van der Waals surface area contributed by atoms with Crippen molar-refractivity contribution in [3.05, 3.63) is 0 Å². The first-order valence-corrected chi connectivity index (χ1v) is 9.24. The van der Waals surface area contributed by atoms with Crippen LogP contribution < -0.4 is 11.3 Å². The number of carbonyl (C=O) groups excluding carboxylic acids is 1. The monoisotopic (exact) mass is 258 g/mol. The minimum Gasteiger partial charge on any atom is -0.417 e. The van der Waals surface area contributed by atoms with Crippen LogP contribution in [-0.4, -0.2) is 20.8 Å². The van der Waals surface area contributed by atoms with Gasteiger partial charge in [-0.05, 0) is 36.9 Å². The lowest BCUT2D eigenvalue weighted by molar-refractivity contribution is -0.122. The predicted molar refractivity (Wildman–Crippen MR) is 71.7 cm³/mol. The van der Waals surface area contributed by atoms with E-state index in [-0.39, 0.29) is 16.9 Å². The van der Waals surface area contributed by atoms with E-state index in [2.05, 4.69) is 39.3 Å². The first-order valence-electron chi connectivity index (χ1n) is 6.33. The van der Waals surface area contributed by atoms with Gasteiger partial charge in [-0.1, -0.05) is 20.8 Å². The predicted octanol–water partition coefficient (Wildman–Crippen LogP) is 2.02. The van der Waals surface area contributed by atoms with Crippen molar-refractivity contribution in [3.8, 4) is 0 Å². The molecule has 1 rings (SSSR count). The average Bonchev–Trinajstić information content (AvgIpc) is 2.94. The normalized spacial score (nSPS) is 24.6. The molecule has 5 heteroatoms. The first-order chi connectivity index (χ1) is 7.69. The van der Waals surface area contributed by atoms with Gasteiger partial charge in [0.2, 0.25) is 5.91 Å². The first kappa shape index (κ1) is 14.7. The molecule has 3 N–H and O–H groups in total. The Morgan fingerprint density at radius 3 is 2.53 bits per heavy atom. The van der Waals surface area contributed by atoms with Crippen LogP contribution >= 0.6 is 0 Å². The number of rotatable bonds is 5. The van der Waals surface area contributed by atoms with Gasteiger partial charge in [0.05, 0.1) is 0 Å². The Morgan fingerprint density at radius 1 is 1.47 bits per heavy atom. The zero-order chi connectivity index (χ0) is 13.3. The van der Waals surface area contributed by atoms with Crippen LogP contribution in [0.5, 0.6) is 0 Å². The molecule has 17 heavy (non-hydrogen) atoms. The number of carbonyl (C=O) groups is 1. The van der Waals surface area contributed by atoms with E-state index in [0.29, 0.717) is 5.92 Å². The van der Waals surface area contributed by atoms with Crippen molar-refractivity contribution >= 4 is 14.2 Å². The Bertz CT molecular complexity index is 287. The summed E-state index contributed by atoms with van der Waals surface area (Å²) in [5, 5.41) is 0.255. The minimum absolute atomic E-state index is 0.0256. The van der Waals surface area contributed by atoms with Crippen molar-refractivity contribution in [1.82, 2.24) is 5.43 Å². The van der Waals surface area contributed by atoms with Gasteiger partial charge in [0, 0.05) is 12.5 Å². The molecule has 4 nitrogen and oxygen atoms in total. The van der Waals surface area contributed by atoms with Gasteiger partial charge in [-0.15, -0.1) is 0 Å². The van der Waals surface area contributed by atoms with Crippen molar-refractivity contribution in [2.24, 2.45) is 17.7 Å². The highest BCUT2D eigenvalue weighted by atomic mass is 28.4. The largest absolute Gasteiger partial charge is 0.417 e. The minimum atomic E-state index is -1.63. The van der Waals surface area contributed by atoms with Gasteiger partial charge >= 0.3 is 0 Å². The maximum Gasteiger partial charge on any atom is 0.237 e.